The molecule has 0 spiro atoms. The molecule has 0 aliphatic heterocycles. The Morgan fingerprint density at radius 2 is 2.31 bits per heavy atom. The van der Waals surface area contributed by atoms with Gasteiger partial charge in [0.05, 0.1) is 12.6 Å². The van der Waals surface area contributed by atoms with E-state index in [9.17, 15) is 4.79 Å². The van der Waals surface area contributed by atoms with E-state index in [-0.39, 0.29) is 11.9 Å². The number of rotatable bonds is 6. The topological polar surface area (TPSA) is 41.1 Å². The van der Waals surface area contributed by atoms with Gasteiger partial charge in [-0.1, -0.05) is 19.3 Å². The van der Waals surface area contributed by atoms with Crippen LogP contribution in [-0.4, -0.2) is 25.0 Å². The molecule has 0 heterocycles. The number of terminal acetylenes is 1. The van der Waals surface area contributed by atoms with E-state index in [1.165, 1.54) is 0 Å². The van der Waals surface area contributed by atoms with E-state index in [1.54, 1.807) is 0 Å². The van der Waals surface area contributed by atoms with Crippen LogP contribution in [0.25, 0.3) is 0 Å². The lowest BCUT2D eigenvalue weighted by Gasteiger charge is -2.12. The molecule has 3 heteroatoms. The first-order valence-corrected chi connectivity index (χ1v) is 4.67. The molecule has 0 aromatic rings. The van der Waals surface area contributed by atoms with Gasteiger partial charge in [0.2, 0.25) is 5.91 Å². The number of nitrogens with one attached hydrogen (secondary N) is 2. The summed E-state index contributed by atoms with van der Waals surface area (Å²) in [7, 11) is 0. The Morgan fingerprint density at radius 1 is 1.62 bits per heavy atom. The predicted octanol–water partition coefficient (Wildman–Crippen LogP) is 0.514. The average molecular weight is 182 g/mol. The molecule has 1 unspecified atom stereocenters. The molecule has 0 saturated heterocycles. The monoisotopic (exact) mass is 182 g/mol. The van der Waals surface area contributed by atoms with Gasteiger partial charge in [0, 0.05) is 0 Å². The van der Waals surface area contributed by atoms with E-state index < -0.39 is 0 Å². The number of unbranched alkanes of at least 4 members (excludes halogenated alkanes) is 1. The third-order valence-corrected chi connectivity index (χ3v) is 1.74. The van der Waals surface area contributed by atoms with Crippen molar-refractivity contribution in [2.45, 2.75) is 32.7 Å². The van der Waals surface area contributed by atoms with Gasteiger partial charge in [-0.2, -0.15) is 0 Å². The maximum atomic E-state index is 11.2. The molecule has 13 heavy (non-hydrogen) atoms. The molecule has 0 aliphatic rings. The molecular weight excluding hydrogens is 164 g/mol. The fraction of sp³-hybridized carbons (Fsp3) is 0.700. The molecule has 0 bridgehead atoms. The van der Waals surface area contributed by atoms with E-state index in [0.717, 1.165) is 19.4 Å². The van der Waals surface area contributed by atoms with Crippen LogP contribution in [0.15, 0.2) is 0 Å². The molecule has 1 amide bonds. The Kier molecular flexibility index (Phi) is 7.04. The van der Waals surface area contributed by atoms with Gasteiger partial charge in [0.25, 0.3) is 0 Å². The zero-order valence-corrected chi connectivity index (χ0v) is 8.39. The highest BCUT2D eigenvalue weighted by molar-refractivity contribution is 5.81. The molecule has 3 nitrogen and oxygen atoms in total. The number of carbonyl (C=O) groups is 1. The fourth-order valence-electron chi connectivity index (χ4n) is 0.879. The van der Waals surface area contributed by atoms with Crippen LogP contribution in [0.5, 0.6) is 0 Å². The quantitative estimate of drug-likeness (QED) is 0.464. The fourth-order valence-corrected chi connectivity index (χ4v) is 0.879. The largest absolute Gasteiger partial charge is 0.344 e. The molecule has 1 atom stereocenters. The lowest BCUT2D eigenvalue weighted by atomic mass is 10.3. The number of hydrogen-bond acceptors (Lipinski definition) is 2. The van der Waals surface area contributed by atoms with Crippen molar-refractivity contribution in [1.29, 1.82) is 0 Å². The van der Waals surface area contributed by atoms with Gasteiger partial charge < -0.3 is 10.6 Å². The second kappa shape index (κ2) is 7.63. The molecule has 0 aromatic heterocycles. The first kappa shape index (κ1) is 12.0. The third kappa shape index (κ3) is 6.18. The molecule has 0 aliphatic carbocycles. The molecular formula is C10H18N2O. The standard InChI is InChI=1S/C10H18N2O/c1-4-6-8-11-9(3)10(13)12-7-5-2/h2,9,11H,4,6-8H2,1,3H3,(H,12,13). The summed E-state index contributed by atoms with van der Waals surface area (Å²) in [6.07, 6.45) is 7.23. The van der Waals surface area contributed by atoms with Crippen LogP contribution in [0.4, 0.5) is 0 Å². The zero-order valence-electron chi connectivity index (χ0n) is 8.39. The van der Waals surface area contributed by atoms with E-state index in [4.69, 9.17) is 6.42 Å². The summed E-state index contributed by atoms with van der Waals surface area (Å²) >= 11 is 0. The van der Waals surface area contributed by atoms with Crippen LogP contribution in [0, 0.1) is 12.3 Å². The number of carbonyl (C=O) groups excluding carboxylic acids is 1. The third-order valence-electron chi connectivity index (χ3n) is 1.74. The van der Waals surface area contributed by atoms with Crippen molar-refractivity contribution in [3.8, 4) is 12.3 Å². The van der Waals surface area contributed by atoms with Crippen LogP contribution >= 0.6 is 0 Å². The lowest BCUT2D eigenvalue weighted by Crippen LogP contribution is -2.42. The second-order valence-corrected chi connectivity index (χ2v) is 2.95. The minimum Gasteiger partial charge on any atom is -0.344 e. The highest BCUT2D eigenvalue weighted by Gasteiger charge is 2.09. The highest BCUT2D eigenvalue weighted by atomic mass is 16.2. The molecule has 0 fully saturated rings. The highest BCUT2D eigenvalue weighted by Crippen LogP contribution is 1.86. The van der Waals surface area contributed by atoms with Gasteiger partial charge in [0.1, 0.15) is 0 Å². The average Bonchev–Trinajstić information content (AvgIpc) is 2.14. The van der Waals surface area contributed by atoms with Crippen LogP contribution in [0.1, 0.15) is 26.7 Å². The SMILES string of the molecule is C#CCNC(=O)C(C)NCCCC. The minimum atomic E-state index is -0.153. The van der Waals surface area contributed by atoms with E-state index in [2.05, 4.69) is 23.5 Å². The molecule has 0 radical (unpaired) electrons. The maximum Gasteiger partial charge on any atom is 0.237 e. The van der Waals surface area contributed by atoms with Gasteiger partial charge in [-0.15, -0.1) is 6.42 Å². The normalized spacial score (nSPS) is 11.8. The Morgan fingerprint density at radius 3 is 2.85 bits per heavy atom. The van der Waals surface area contributed by atoms with Crippen LogP contribution in [0.2, 0.25) is 0 Å². The van der Waals surface area contributed by atoms with Gasteiger partial charge in [-0.05, 0) is 19.9 Å². The summed E-state index contributed by atoms with van der Waals surface area (Å²) in [6, 6.07) is -0.153. The van der Waals surface area contributed by atoms with Crippen molar-refractivity contribution in [2.75, 3.05) is 13.1 Å². The second-order valence-electron chi connectivity index (χ2n) is 2.95. The minimum absolute atomic E-state index is 0.0333. The van der Waals surface area contributed by atoms with Gasteiger partial charge in [0.15, 0.2) is 0 Å². The van der Waals surface area contributed by atoms with Crippen molar-refractivity contribution >= 4 is 5.91 Å². The Hall–Kier alpha value is -1.01. The number of hydrogen-bond donors (Lipinski definition) is 2. The van der Waals surface area contributed by atoms with Gasteiger partial charge in [-0.25, -0.2) is 0 Å². The summed E-state index contributed by atoms with van der Waals surface area (Å²) in [5.41, 5.74) is 0. The first-order chi connectivity index (χ1) is 6.22. The summed E-state index contributed by atoms with van der Waals surface area (Å²) < 4.78 is 0. The Balaban J connectivity index is 3.52. The Bertz CT molecular complexity index is 184. The van der Waals surface area contributed by atoms with Gasteiger partial charge in [-0.3, -0.25) is 4.79 Å². The molecule has 2 N–H and O–H groups in total. The van der Waals surface area contributed by atoms with E-state index in [0.29, 0.717) is 6.54 Å². The van der Waals surface area contributed by atoms with Crippen LogP contribution in [0.3, 0.4) is 0 Å². The van der Waals surface area contributed by atoms with Crippen molar-refractivity contribution in [3.63, 3.8) is 0 Å². The summed E-state index contributed by atoms with van der Waals surface area (Å²) in [4.78, 5) is 11.2. The summed E-state index contributed by atoms with van der Waals surface area (Å²) in [5, 5.41) is 5.73. The van der Waals surface area contributed by atoms with Crippen LogP contribution in [-0.2, 0) is 4.79 Å². The molecule has 0 rings (SSSR count). The Labute approximate surface area is 80.3 Å². The lowest BCUT2D eigenvalue weighted by molar-refractivity contribution is -0.122. The predicted molar refractivity (Wildman–Crippen MR) is 54.2 cm³/mol. The first-order valence-electron chi connectivity index (χ1n) is 4.67. The summed E-state index contributed by atoms with van der Waals surface area (Å²) in [5.74, 6) is 2.33. The maximum absolute atomic E-state index is 11.2. The van der Waals surface area contributed by atoms with Crippen molar-refractivity contribution in [1.82, 2.24) is 10.6 Å². The van der Waals surface area contributed by atoms with E-state index >= 15 is 0 Å². The van der Waals surface area contributed by atoms with Crippen molar-refractivity contribution in [3.05, 3.63) is 0 Å². The molecule has 0 aromatic carbocycles. The molecule has 74 valence electrons. The smallest absolute Gasteiger partial charge is 0.237 e. The van der Waals surface area contributed by atoms with Crippen molar-refractivity contribution in [2.24, 2.45) is 0 Å². The van der Waals surface area contributed by atoms with E-state index in [1.807, 2.05) is 6.92 Å². The summed E-state index contributed by atoms with van der Waals surface area (Å²) in [6.45, 7) is 5.13. The molecule has 0 saturated carbocycles. The zero-order chi connectivity index (χ0) is 10.1. The van der Waals surface area contributed by atoms with Gasteiger partial charge >= 0.3 is 0 Å². The van der Waals surface area contributed by atoms with Crippen LogP contribution < -0.4 is 10.6 Å². The number of amides is 1. The van der Waals surface area contributed by atoms with Crippen molar-refractivity contribution < 1.29 is 4.79 Å².